The fourth-order valence-corrected chi connectivity index (χ4v) is 4.88. The van der Waals surface area contributed by atoms with Gasteiger partial charge < -0.3 is 11.1 Å². The van der Waals surface area contributed by atoms with Crippen molar-refractivity contribution in [1.29, 1.82) is 0 Å². The molecular formula is C20H27FN6. The molecule has 3 N–H and O–H groups in total. The van der Waals surface area contributed by atoms with Gasteiger partial charge in [-0.2, -0.15) is 5.10 Å². The van der Waals surface area contributed by atoms with Gasteiger partial charge in [0, 0.05) is 30.1 Å². The van der Waals surface area contributed by atoms with Crippen LogP contribution in [0.4, 0.5) is 10.3 Å². The van der Waals surface area contributed by atoms with E-state index in [0.717, 1.165) is 42.9 Å². The third-order valence-electron chi connectivity index (χ3n) is 6.66. The molecule has 0 aliphatic heterocycles. The van der Waals surface area contributed by atoms with Gasteiger partial charge in [-0.1, -0.05) is 0 Å². The van der Waals surface area contributed by atoms with Crippen molar-refractivity contribution >= 4 is 5.95 Å². The number of anilines is 1. The Morgan fingerprint density at radius 3 is 2.56 bits per heavy atom. The maximum atomic E-state index is 14.7. The first-order valence-electron chi connectivity index (χ1n) is 10.1. The van der Waals surface area contributed by atoms with E-state index in [4.69, 9.17) is 5.73 Å². The van der Waals surface area contributed by atoms with Crippen LogP contribution < -0.4 is 11.1 Å². The third kappa shape index (κ3) is 3.02. The second-order valence-electron chi connectivity index (χ2n) is 8.61. The Morgan fingerprint density at radius 1 is 1.15 bits per heavy atom. The summed E-state index contributed by atoms with van der Waals surface area (Å²) in [5, 5.41) is 7.84. The first-order chi connectivity index (χ1) is 13.1. The van der Waals surface area contributed by atoms with Crippen molar-refractivity contribution in [2.75, 3.05) is 5.32 Å². The fraction of sp³-hybridized carbons (Fsp3) is 0.650. The molecule has 0 spiro atoms. The molecule has 5 rings (SSSR count). The molecule has 7 heteroatoms. The molecule has 0 aromatic carbocycles. The molecular weight excluding hydrogens is 343 g/mol. The lowest BCUT2D eigenvalue weighted by Crippen LogP contribution is -2.33. The number of halogens is 1. The van der Waals surface area contributed by atoms with Crippen LogP contribution in [-0.2, 0) is 12.5 Å². The molecule has 2 heterocycles. The van der Waals surface area contributed by atoms with E-state index >= 15 is 0 Å². The Balaban J connectivity index is 1.46. The number of nitrogens with two attached hydrogens (primary N) is 1. The van der Waals surface area contributed by atoms with Gasteiger partial charge in [0.25, 0.3) is 0 Å². The molecule has 3 saturated carbocycles. The minimum atomic E-state index is -0.382. The van der Waals surface area contributed by atoms with Crippen LogP contribution in [0.1, 0.15) is 57.1 Å². The number of hydrogen-bond donors (Lipinski definition) is 2. The molecule has 0 radical (unpaired) electrons. The van der Waals surface area contributed by atoms with Crippen LogP contribution in [0.25, 0.3) is 11.3 Å². The summed E-state index contributed by atoms with van der Waals surface area (Å²) in [7, 11) is 1.96. The summed E-state index contributed by atoms with van der Waals surface area (Å²) in [6, 6.07) is 0.598. The van der Waals surface area contributed by atoms with Crippen LogP contribution in [-0.4, -0.2) is 31.8 Å². The molecule has 0 bridgehead atoms. The Morgan fingerprint density at radius 2 is 1.89 bits per heavy atom. The summed E-state index contributed by atoms with van der Waals surface area (Å²) in [4.78, 5) is 8.75. The Bertz CT molecular complexity index is 846. The lowest BCUT2D eigenvalue weighted by Gasteiger charge is -2.26. The highest BCUT2D eigenvalue weighted by molar-refractivity contribution is 5.66. The summed E-state index contributed by atoms with van der Waals surface area (Å²) >= 11 is 0. The summed E-state index contributed by atoms with van der Waals surface area (Å²) in [6.07, 6.45) is 11.9. The van der Waals surface area contributed by atoms with E-state index in [2.05, 4.69) is 20.4 Å². The number of aromatic nitrogens is 4. The van der Waals surface area contributed by atoms with E-state index in [1.54, 1.807) is 6.20 Å². The monoisotopic (exact) mass is 370 g/mol. The highest BCUT2D eigenvalue weighted by atomic mass is 19.1. The Hall–Kier alpha value is -2.02. The second-order valence-corrected chi connectivity index (χ2v) is 8.61. The van der Waals surface area contributed by atoms with Gasteiger partial charge in [0.1, 0.15) is 5.69 Å². The zero-order valence-electron chi connectivity index (χ0n) is 15.8. The molecule has 0 atom stereocenters. The molecule has 27 heavy (non-hydrogen) atoms. The summed E-state index contributed by atoms with van der Waals surface area (Å²) in [5.41, 5.74) is 8.52. The van der Waals surface area contributed by atoms with Crippen LogP contribution in [0.2, 0.25) is 0 Å². The highest BCUT2D eigenvalue weighted by Gasteiger charge is 2.57. The number of nitrogens with one attached hydrogen (secondary N) is 1. The van der Waals surface area contributed by atoms with Crippen molar-refractivity contribution in [2.24, 2.45) is 18.7 Å². The van der Waals surface area contributed by atoms with Gasteiger partial charge in [-0.3, -0.25) is 4.68 Å². The summed E-state index contributed by atoms with van der Waals surface area (Å²) in [5.74, 6) is 0.839. The molecule has 2 aromatic rings. The van der Waals surface area contributed by atoms with E-state index in [0.29, 0.717) is 23.7 Å². The zero-order valence-corrected chi connectivity index (χ0v) is 15.8. The van der Waals surface area contributed by atoms with Crippen LogP contribution >= 0.6 is 0 Å². The van der Waals surface area contributed by atoms with Gasteiger partial charge in [-0.25, -0.2) is 14.4 Å². The number of nitrogens with zero attached hydrogens (tertiary/aromatic N) is 4. The lowest BCUT2D eigenvalue weighted by atomic mass is 9.91. The molecule has 6 nitrogen and oxygen atoms in total. The highest BCUT2D eigenvalue weighted by Crippen LogP contribution is 2.63. The summed E-state index contributed by atoms with van der Waals surface area (Å²) < 4.78 is 16.6. The van der Waals surface area contributed by atoms with Crippen molar-refractivity contribution < 1.29 is 4.39 Å². The van der Waals surface area contributed by atoms with Gasteiger partial charge in [-0.05, 0) is 57.3 Å². The van der Waals surface area contributed by atoms with Crippen LogP contribution in [0.5, 0.6) is 0 Å². The van der Waals surface area contributed by atoms with Crippen molar-refractivity contribution in [3.63, 3.8) is 0 Å². The second kappa shape index (κ2) is 6.26. The smallest absolute Gasteiger partial charge is 0.223 e. The van der Waals surface area contributed by atoms with Crippen LogP contribution in [0.3, 0.4) is 0 Å². The largest absolute Gasteiger partial charge is 0.351 e. The number of rotatable bonds is 5. The van der Waals surface area contributed by atoms with Crippen molar-refractivity contribution in [3.05, 3.63) is 23.9 Å². The van der Waals surface area contributed by atoms with Gasteiger partial charge in [0.05, 0.1) is 18.1 Å². The summed E-state index contributed by atoms with van der Waals surface area (Å²) in [6.45, 7) is 0. The van der Waals surface area contributed by atoms with Gasteiger partial charge >= 0.3 is 0 Å². The lowest BCUT2D eigenvalue weighted by molar-refractivity contribution is 0.409. The van der Waals surface area contributed by atoms with Crippen LogP contribution in [0.15, 0.2) is 12.4 Å². The fourth-order valence-electron chi connectivity index (χ4n) is 4.88. The average molecular weight is 370 g/mol. The topological polar surface area (TPSA) is 81.7 Å². The molecule has 0 saturated heterocycles. The van der Waals surface area contributed by atoms with E-state index in [9.17, 15) is 4.39 Å². The predicted octanol–water partition coefficient (Wildman–Crippen LogP) is 3.14. The minimum absolute atomic E-state index is 0.186. The molecule has 3 aliphatic rings. The zero-order chi connectivity index (χ0) is 18.6. The number of hydrogen-bond acceptors (Lipinski definition) is 5. The van der Waals surface area contributed by atoms with E-state index < -0.39 is 0 Å². The van der Waals surface area contributed by atoms with E-state index in [-0.39, 0.29) is 11.2 Å². The minimum Gasteiger partial charge on any atom is -0.351 e. The van der Waals surface area contributed by atoms with Gasteiger partial charge in [0.15, 0.2) is 5.82 Å². The van der Waals surface area contributed by atoms with E-state index in [1.807, 2.05) is 11.7 Å². The molecule has 0 unspecified atom stereocenters. The maximum Gasteiger partial charge on any atom is 0.223 e. The Labute approximate surface area is 158 Å². The van der Waals surface area contributed by atoms with Crippen LogP contribution in [0, 0.1) is 11.7 Å². The standard InChI is InChI=1S/C20H27FN6/c1-27-18(20(8-9-20)12-2-3-12)15(10-24-27)17-16(21)11-23-19(26-17)25-14-6-4-13(22)5-7-14/h10-14H,2-9,22H2,1H3,(H,23,25,26)/t13-,14-. The molecule has 2 aromatic heterocycles. The first-order valence-corrected chi connectivity index (χ1v) is 10.1. The molecule has 0 amide bonds. The SMILES string of the molecule is Cn1ncc(-c2nc(N[C@H]3CC[C@H](N)CC3)ncc2F)c1C1(C2CC2)CC1. The molecule has 3 aliphatic carbocycles. The number of aryl methyl sites for hydroxylation is 1. The molecule has 144 valence electrons. The molecule has 3 fully saturated rings. The maximum absolute atomic E-state index is 14.7. The van der Waals surface area contributed by atoms with E-state index in [1.165, 1.54) is 31.9 Å². The Kier molecular flexibility index (Phi) is 3.96. The first kappa shape index (κ1) is 17.1. The van der Waals surface area contributed by atoms with Crippen molar-refractivity contribution in [1.82, 2.24) is 19.7 Å². The van der Waals surface area contributed by atoms with Gasteiger partial charge in [0.2, 0.25) is 5.95 Å². The van der Waals surface area contributed by atoms with Crippen molar-refractivity contribution in [3.8, 4) is 11.3 Å². The van der Waals surface area contributed by atoms with Gasteiger partial charge in [-0.15, -0.1) is 0 Å². The predicted molar refractivity (Wildman–Crippen MR) is 102 cm³/mol. The average Bonchev–Trinajstić information content (AvgIpc) is 3.57. The normalized spacial score (nSPS) is 26.8. The third-order valence-corrected chi connectivity index (χ3v) is 6.66. The van der Waals surface area contributed by atoms with Crippen molar-refractivity contribution in [2.45, 2.75) is 68.9 Å². The quantitative estimate of drug-likeness (QED) is 0.845.